The fourth-order valence-electron chi connectivity index (χ4n) is 2.16. The summed E-state index contributed by atoms with van der Waals surface area (Å²) in [6.07, 6.45) is 0. The molecule has 1 amide bonds. The van der Waals surface area contributed by atoms with E-state index in [2.05, 4.69) is 20.5 Å². The van der Waals surface area contributed by atoms with Crippen LogP contribution in [0.5, 0.6) is 0 Å². The van der Waals surface area contributed by atoms with Crippen molar-refractivity contribution in [2.24, 2.45) is 0 Å². The number of aromatic amines is 2. The number of nitro groups is 1. The van der Waals surface area contributed by atoms with Crippen molar-refractivity contribution in [1.29, 1.82) is 0 Å². The lowest BCUT2D eigenvalue weighted by Crippen LogP contribution is -2.24. The number of amides is 1. The van der Waals surface area contributed by atoms with Crippen LogP contribution >= 0.6 is 11.8 Å². The van der Waals surface area contributed by atoms with Gasteiger partial charge in [0, 0.05) is 21.9 Å². The average molecular weight is 371 g/mol. The molecule has 10 heteroatoms. The van der Waals surface area contributed by atoms with Crippen LogP contribution in [0.4, 0.5) is 5.69 Å². The van der Waals surface area contributed by atoms with Crippen molar-refractivity contribution in [3.63, 3.8) is 0 Å². The second-order valence-electron chi connectivity index (χ2n) is 5.16. The Morgan fingerprint density at radius 1 is 1.23 bits per heavy atom. The summed E-state index contributed by atoms with van der Waals surface area (Å²) in [4.78, 5) is 37.9. The lowest BCUT2D eigenvalue weighted by atomic mass is 10.2. The number of H-pyrrole nitrogens is 2. The summed E-state index contributed by atoms with van der Waals surface area (Å²) in [5, 5.41) is 19.5. The topological polar surface area (TPSA) is 134 Å². The third-order valence-electron chi connectivity index (χ3n) is 3.36. The van der Waals surface area contributed by atoms with E-state index in [9.17, 15) is 19.7 Å². The number of hydrogen-bond acceptors (Lipinski definition) is 6. The van der Waals surface area contributed by atoms with Crippen LogP contribution in [0.3, 0.4) is 0 Å². The largest absolute Gasteiger partial charge is 0.345 e. The number of carbonyl (C=O) groups excluding carboxylic acids is 1. The number of nitrogens with zero attached hydrogens (tertiary/aromatic N) is 2. The van der Waals surface area contributed by atoms with Gasteiger partial charge < -0.3 is 5.32 Å². The van der Waals surface area contributed by atoms with Gasteiger partial charge in [0.05, 0.1) is 17.0 Å². The molecule has 9 nitrogen and oxygen atoms in total. The van der Waals surface area contributed by atoms with Gasteiger partial charge in [-0.2, -0.15) is 5.10 Å². The molecule has 3 rings (SSSR count). The second-order valence-corrected chi connectivity index (χ2v) is 6.28. The Morgan fingerprint density at radius 3 is 2.65 bits per heavy atom. The summed E-state index contributed by atoms with van der Waals surface area (Å²) < 4.78 is 0. The van der Waals surface area contributed by atoms with Crippen LogP contribution in [-0.4, -0.2) is 26.0 Å². The van der Waals surface area contributed by atoms with Gasteiger partial charge in [-0.3, -0.25) is 19.9 Å². The highest BCUT2D eigenvalue weighted by Crippen LogP contribution is 2.32. The molecule has 0 unspecified atom stereocenters. The van der Waals surface area contributed by atoms with Crippen molar-refractivity contribution >= 4 is 23.4 Å². The van der Waals surface area contributed by atoms with Crippen LogP contribution in [0.2, 0.25) is 0 Å². The number of nitro benzene ring substituents is 1. The Hall–Kier alpha value is -3.40. The highest BCUT2D eigenvalue weighted by molar-refractivity contribution is 7.99. The first kappa shape index (κ1) is 17.4. The molecule has 0 saturated carbocycles. The molecule has 3 aromatic rings. The van der Waals surface area contributed by atoms with E-state index >= 15 is 0 Å². The Morgan fingerprint density at radius 2 is 2.00 bits per heavy atom. The first-order valence-electron chi connectivity index (χ1n) is 7.46. The predicted molar refractivity (Wildman–Crippen MR) is 94.0 cm³/mol. The van der Waals surface area contributed by atoms with Crippen LogP contribution in [0.15, 0.2) is 63.1 Å². The fraction of sp³-hybridized carbons (Fsp3) is 0.0625. The van der Waals surface area contributed by atoms with E-state index in [-0.39, 0.29) is 23.6 Å². The zero-order valence-electron chi connectivity index (χ0n) is 13.3. The van der Waals surface area contributed by atoms with E-state index in [0.717, 1.165) is 4.90 Å². The molecule has 3 N–H and O–H groups in total. The Labute approximate surface area is 151 Å². The molecule has 132 valence electrons. The standard InChI is InChI=1S/C16H13N5O4S/c22-15(17-9-14-18-16(23)20-19-14)12-8-10(21(24)25)6-7-13(12)26-11-4-2-1-3-5-11/h1-8H,9H2,(H,17,22)(H2,18,19,20,23). The van der Waals surface area contributed by atoms with Gasteiger partial charge in [-0.25, -0.2) is 9.89 Å². The molecule has 26 heavy (non-hydrogen) atoms. The first-order chi connectivity index (χ1) is 12.5. The quantitative estimate of drug-likeness (QED) is 0.449. The second kappa shape index (κ2) is 7.66. The maximum atomic E-state index is 12.5. The van der Waals surface area contributed by atoms with Crippen LogP contribution in [0, 0.1) is 10.1 Å². The van der Waals surface area contributed by atoms with Crippen LogP contribution in [0.25, 0.3) is 0 Å². The monoisotopic (exact) mass is 371 g/mol. The van der Waals surface area contributed by atoms with E-state index in [1.165, 1.54) is 23.9 Å². The van der Waals surface area contributed by atoms with Crippen LogP contribution in [0.1, 0.15) is 16.2 Å². The molecule has 0 radical (unpaired) electrons. The summed E-state index contributed by atoms with van der Waals surface area (Å²) >= 11 is 1.33. The molecule has 0 aliphatic carbocycles. The van der Waals surface area contributed by atoms with Gasteiger partial charge in [-0.1, -0.05) is 30.0 Å². The lowest BCUT2D eigenvalue weighted by Gasteiger charge is -2.09. The van der Waals surface area contributed by atoms with Crippen LogP contribution < -0.4 is 11.0 Å². The molecular formula is C16H13N5O4S. The molecule has 0 fully saturated rings. The molecule has 0 bridgehead atoms. The molecular weight excluding hydrogens is 358 g/mol. The minimum absolute atomic E-state index is 0.0181. The highest BCUT2D eigenvalue weighted by atomic mass is 32.2. The van der Waals surface area contributed by atoms with Gasteiger partial charge in [-0.05, 0) is 18.2 Å². The molecule has 0 saturated heterocycles. The lowest BCUT2D eigenvalue weighted by molar-refractivity contribution is -0.384. The van der Waals surface area contributed by atoms with Gasteiger partial charge in [0.25, 0.3) is 11.6 Å². The predicted octanol–water partition coefficient (Wildman–Crippen LogP) is 2.09. The maximum Gasteiger partial charge on any atom is 0.340 e. The Bertz CT molecular complexity index is 999. The highest BCUT2D eigenvalue weighted by Gasteiger charge is 2.18. The molecule has 0 atom stereocenters. The number of aromatic nitrogens is 3. The molecule has 1 aromatic heterocycles. The Balaban J connectivity index is 1.86. The Kier molecular flexibility index (Phi) is 5.13. The molecule has 0 spiro atoms. The fourth-order valence-corrected chi connectivity index (χ4v) is 3.11. The number of benzene rings is 2. The minimum Gasteiger partial charge on any atom is -0.345 e. The smallest absolute Gasteiger partial charge is 0.340 e. The van der Waals surface area contributed by atoms with Gasteiger partial charge in [0.1, 0.15) is 5.82 Å². The van der Waals surface area contributed by atoms with E-state index in [1.54, 1.807) is 6.07 Å². The van der Waals surface area contributed by atoms with E-state index in [1.807, 2.05) is 30.3 Å². The number of nitrogens with one attached hydrogen (secondary N) is 3. The first-order valence-corrected chi connectivity index (χ1v) is 8.27. The third kappa shape index (κ3) is 4.16. The number of non-ortho nitro benzene ring substituents is 1. The number of hydrogen-bond donors (Lipinski definition) is 3. The summed E-state index contributed by atoms with van der Waals surface area (Å²) in [5.74, 6) is -0.248. The van der Waals surface area contributed by atoms with E-state index < -0.39 is 16.5 Å². The SMILES string of the molecule is O=C(NCc1n[nH]c(=O)[nH]1)c1cc([N+](=O)[O-])ccc1Sc1ccccc1. The van der Waals surface area contributed by atoms with Crippen molar-refractivity contribution in [3.05, 3.63) is 80.5 Å². The van der Waals surface area contributed by atoms with Crippen molar-refractivity contribution in [2.75, 3.05) is 0 Å². The van der Waals surface area contributed by atoms with Crippen molar-refractivity contribution in [3.8, 4) is 0 Å². The number of carbonyl (C=O) groups is 1. The normalized spacial score (nSPS) is 10.5. The van der Waals surface area contributed by atoms with E-state index in [4.69, 9.17) is 0 Å². The maximum absolute atomic E-state index is 12.5. The molecule has 0 aliphatic heterocycles. The molecule has 1 heterocycles. The van der Waals surface area contributed by atoms with Gasteiger partial charge in [0.15, 0.2) is 0 Å². The summed E-state index contributed by atoms with van der Waals surface area (Å²) in [6.45, 7) is -0.0181. The van der Waals surface area contributed by atoms with Gasteiger partial charge >= 0.3 is 5.69 Å². The molecule has 0 aliphatic rings. The van der Waals surface area contributed by atoms with Gasteiger partial charge in [0.2, 0.25) is 0 Å². The number of rotatable bonds is 6. The third-order valence-corrected chi connectivity index (χ3v) is 4.44. The zero-order valence-corrected chi connectivity index (χ0v) is 14.1. The van der Waals surface area contributed by atoms with E-state index in [0.29, 0.717) is 4.90 Å². The summed E-state index contributed by atoms with van der Waals surface area (Å²) in [5.41, 5.74) is -0.489. The molecule has 2 aromatic carbocycles. The van der Waals surface area contributed by atoms with Crippen molar-refractivity contribution < 1.29 is 9.72 Å². The zero-order chi connectivity index (χ0) is 18.5. The van der Waals surface area contributed by atoms with Gasteiger partial charge in [-0.15, -0.1) is 0 Å². The minimum atomic E-state index is -0.557. The van der Waals surface area contributed by atoms with Crippen molar-refractivity contribution in [2.45, 2.75) is 16.3 Å². The van der Waals surface area contributed by atoms with Crippen molar-refractivity contribution in [1.82, 2.24) is 20.5 Å². The average Bonchev–Trinajstić information content (AvgIpc) is 3.06. The summed E-state index contributed by atoms with van der Waals surface area (Å²) in [7, 11) is 0. The van der Waals surface area contributed by atoms with Crippen LogP contribution in [-0.2, 0) is 6.54 Å². The summed E-state index contributed by atoms with van der Waals surface area (Å²) in [6, 6.07) is 13.5.